The van der Waals surface area contributed by atoms with Gasteiger partial charge >= 0.3 is 0 Å². The predicted octanol–water partition coefficient (Wildman–Crippen LogP) is 3.56. The molecule has 0 fully saturated rings. The van der Waals surface area contributed by atoms with Crippen LogP contribution in [0.3, 0.4) is 0 Å². The highest BCUT2D eigenvalue weighted by Gasteiger charge is 2.15. The summed E-state index contributed by atoms with van der Waals surface area (Å²) in [6, 6.07) is 10.5. The summed E-state index contributed by atoms with van der Waals surface area (Å²) in [5, 5.41) is 10.3. The number of hydrogen-bond donors (Lipinski definition) is 1. The molecule has 2 rings (SSSR count). The summed E-state index contributed by atoms with van der Waals surface area (Å²) in [5.74, 6) is 0.322. The standard InChI is InChI=1S/C17H19FO3/c1-11-7-8-15(20-3)13(9-11)14(19)10-21-16-6-4-5-12(2)17(16)18/h4-9,14,19H,10H2,1-3H3. The fourth-order valence-corrected chi connectivity index (χ4v) is 2.10. The zero-order valence-electron chi connectivity index (χ0n) is 12.4. The van der Waals surface area contributed by atoms with E-state index in [0.29, 0.717) is 16.9 Å². The molecule has 0 saturated carbocycles. The van der Waals surface area contributed by atoms with Crippen LogP contribution in [0.25, 0.3) is 0 Å². The van der Waals surface area contributed by atoms with E-state index in [0.717, 1.165) is 5.56 Å². The van der Waals surface area contributed by atoms with Gasteiger partial charge in [-0.2, -0.15) is 0 Å². The Bertz CT molecular complexity index is 625. The molecule has 0 bridgehead atoms. The molecule has 0 saturated heterocycles. The third-order valence-corrected chi connectivity index (χ3v) is 3.30. The summed E-state index contributed by atoms with van der Waals surface area (Å²) in [6.07, 6.45) is -0.889. The maximum absolute atomic E-state index is 13.8. The monoisotopic (exact) mass is 290 g/mol. The van der Waals surface area contributed by atoms with Crippen LogP contribution >= 0.6 is 0 Å². The molecule has 2 aromatic rings. The lowest BCUT2D eigenvalue weighted by atomic mass is 10.1. The second-order valence-corrected chi connectivity index (χ2v) is 4.96. The van der Waals surface area contributed by atoms with Gasteiger partial charge in [0.05, 0.1) is 7.11 Å². The molecule has 0 aliphatic carbocycles. The van der Waals surface area contributed by atoms with Gasteiger partial charge in [0.25, 0.3) is 0 Å². The minimum Gasteiger partial charge on any atom is -0.496 e. The van der Waals surface area contributed by atoms with Crippen molar-refractivity contribution in [2.45, 2.75) is 20.0 Å². The highest BCUT2D eigenvalue weighted by Crippen LogP contribution is 2.28. The van der Waals surface area contributed by atoms with Gasteiger partial charge in [-0.15, -0.1) is 0 Å². The number of ether oxygens (including phenoxy) is 2. The van der Waals surface area contributed by atoms with E-state index in [-0.39, 0.29) is 12.4 Å². The van der Waals surface area contributed by atoms with Gasteiger partial charge in [0.15, 0.2) is 11.6 Å². The van der Waals surface area contributed by atoms with Gasteiger partial charge in [-0.3, -0.25) is 0 Å². The molecule has 0 aliphatic heterocycles. The maximum Gasteiger partial charge on any atom is 0.167 e. The molecular formula is C17H19FO3. The van der Waals surface area contributed by atoms with E-state index in [2.05, 4.69) is 0 Å². The van der Waals surface area contributed by atoms with Crippen LogP contribution in [-0.2, 0) is 0 Å². The number of benzene rings is 2. The average molecular weight is 290 g/mol. The number of aliphatic hydroxyl groups is 1. The van der Waals surface area contributed by atoms with E-state index in [1.807, 2.05) is 19.1 Å². The second kappa shape index (κ2) is 6.59. The minimum absolute atomic E-state index is 0.0415. The summed E-state index contributed by atoms with van der Waals surface area (Å²) >= 11 is 0. The molecule has 3 nitrogen and oxygen atoms in total. The van der Waals surface area contributed by atoms with Crippen LogP contribution in [0.4, 0.5) is 4.39 Å². The van der Waals surface area contributed by atoms with Crippen LogP contribution in [0, 0.1) is 19.7 Å². The first-order valence-corrected chi connectivity index (χ1v) is 6.73. The van der Waals surface area contributed by atoms with Gasteiger partial charge in [0.2, 0.25) is 0 Å². The molecule has 0 heterocycles. The largest absolute Gasteiger partial charge is 0.496 e. The zero-order chi connectivity index (χ0) is 15.4. The summed E-state index contributed by atoms with van der Waals surface area (Å²) in [6.45, 7) is 3.55. The summed E-state index contributed by atoms with van der Waals surface area (Å²) in [5.41, 5.74) is 2.15. The lowest BCUT2D eigenvalue weighted by Crippen LogP contribution is -2.12. The van der Waals surface area contributed by atoms with E-state index in [1.165, 1.54) is 0 Å². The fourth-order valence-electron chi connectivity index (χ4n) is 2.10. The minimum atomic E-state index is -0.889. The van der Waals surface area contributed by atoms with Gasteiger partial charge < -0.3 is 14.6 Å². The van der Waals surface area contributed by atoms with Crippen molar-refractivity contribution in [3.8, 4) is 11.5 Å². The Morgan fingerprint density at radius 1 is 1.14 bits per heavy atom. The smallest absolute Gasteiger partial charge is 0.167 e. The molecule has 0 aliphatic rings. The molecule has 21 heavy (non-hydrogen) atoms. The molecule has 1 unspecified atom stereocenters. The van der Waals surface area contributed by atoms with Crippen molar-refractivity contribution in [1.82, 2.24) is 0 Å². The van der Waals surface area contributed by atoms with Crippen molar-refractivity contribution < 1.29 is 19.0 Å². The molecule has 4 heteroatoms. The Morgan fingerprint density at radius 3 is 2.62 bits per heavy atom. The third kappa shape index (κ3) is 3.52. The maximum atomic E-state index is 13.8. The van der Waals surface area contributed by atoms with E-state index in [4.69, 9.17) is 9.47 Å². The number of aliphatic hydroxyl groups excluding tert-OH is 1. The van der Waals surface area contributed by atoms with Gasteiger partial charge in [0, 0.05) is 5.56 Å². The van der Waals surface area contributed by atoms with Gasteiger partial charge in [0.1, 0.15) is 18.5 Å². The molecule has 2 aromatic carbocycles. The molecule has 1 N–H and O–H groups in total. The number of halogens is 1. The first-order valence-electron chi connectivity index (χ1n) is 6.73. The normalized spacial score (nSPS) is 12.0. The SMILES string of the molecule is COc1ccc(C)cc1C(O)COc1cccc(C)c1F. The quantitative estimate of drug-likeness (QED) is 0.915. The first-order chi connectivity index (χ1) is 10.0. The van der Waals surface area contributed by atoms with Crippen molar-refractivity contribution in [3.05, 3.63) is 58.9 Å². The molecule has 0 radical (unpaired) electrons. The number of hydrogen-bond acceptors (Lipinski definition) is 3. The molecule has 0 spiro atoms. The van der Waals surface area contributed by atoms with E-state index >= 15 is 0 Å². The molecule has 1 atom stereocenters. The highest BCUT2D eigenvalue weighted by atomic mass is 19.1. The third-order valence-electron chi connectivity index (χ3n) is 3.30. The molecule has 112 valence electrons. The fraction of sp³-hybridized carbons (Fsp3) is 0.294. The van der Waals surface area contributed by atoms with Crippen LogP contribution in [0.15, 0.2) is 36.4 Å². The summed E-state index contributed by atoms with van der Waals surface area (Å²) in [7, 11) is 1.54. The van der Waals surface area contributed by atoms with Crippen molar-refractivity contribution in [3.63, 3.8) is 0 Å². The summed E-state index contributed by atoms with van der Waals surface area (Å²) < 4.78 is 24.5. The van der Waals surface area contributed by atoms with Gasteiger partial charge in [-0.25, -0.2) is 4.39 Å². The van der Waals surface area contributed by atoms with E-state index < -0.39 is 11.9 Å². The van der Waals surface area contributed by atoms with Crippen LogP contribution in [0.2, 0.25) is 0 Å². The lowest BCUT2D eigenvalue weighted by molar-refractivity contribution is 0.103. The van der Waals surface area contributed by atoms with Crippen LogP contribution in [-0.4, -0.2) is 18.8 Å². The van der Waals surface area contributed by atoms with Gasteiger partial charge in [-0.1, -0.05) is 23.8 Å². The average Bonchev–Trinajstić information content (AvgIpc) is 2.48. The van der Waals surface area contributed by atoms with Crippen LogP contribution < -0.4 is 9.47 Å². The second-order valence-electron chi connectivity index (χ2n) is 4.96. The molecule has 0 aromatic heterocycles. The number of aryl methyl sites for hydroxylation is 2. The molecular weight excluding hydrogens is 271 g/mol. The lowest BCUT2D eigenvalue weighted by Gasteiger charge is -2.17. The Kier molecular flexibility index (Phi) is 4.81. The number of methoxy groups -OCH3 is 1. The van der Waals surface area contributed by atoms with E-state index in [9.17, 15) is 9.50 Å². The Hall–Kier alpha value is -2.07. The summed E-state index contributed by atoms with van der Waals surface area (Å²) in [4.78, 5) is 0. The van der Waals surface area contributed by atoms with Crippen molar-refractivity contribution in [2.75, 3.05) is 13.7 Å². The number of rotatable bonds is 5. The highest BCUT2D eigenvalue weighted by molar-refractivity contribution is 5.38. The van der Waals surface area contributed by atoms with Crippen molar-refractivity contribution >= 4 is 0 Å². The molecule has 0 amide bonds. The predicted molar refractivity (Wildman–Crippen MR) is 79.3 cm³/mol. The Morgan fingerprint density at radius 2 is 1.90 bits per heavy atom. The van der Waals surface area contributed by atoms with Crippen LogP contribution in [0.5, 0.6) is 11.5 Å². The van der Waals surface area contributed by atoms with Crippen molar-refractivity contribution in [1.29, 1.82) is 0 Å². The first kappa shape index (κ1) is 15.3. The topological polar surface area (TPSA) is 38.7 Å². The Labute approximate surface area is 124 Å². The van der Waals surface area contributed by atoms with E-state index in [1.54, 1.807) is 38.3 Å². The Balaban J connectivity index is 2.13. The zero-order valence-corrected chi connectivity index (χ0v) is 12.4. The van der Waals surface area contributed by atoms with Gasteiger partial charge in [-0.05, 0) is 37.6 Å². The van der Waals surface area contributed by atoms with Crippen molar-refractivity contribution in [2.24, 2.45) is 0 Å². The van der Waals surface area contributed by atoms with Crippen LogP contribution in [0.1, 0.15) is 22.8 Å².